The number of aliphatic imine (C=N–C) groups is 1. The highest BCUT2D eigenvalue weighted by molar-refractivity contribution is 5.71. The van der Waals surface area contributed by atoms with Crippen LogP contribution in [0.15, 0.2) is 47.6 Å². The Hall–Kier alpha value is -1.90. The first-order valence-corrected chi connectivity index (χ1v) is 5.35. The molecule has 0 aliphatic rings. The van der Waals surface area contributed by atoms with Gasteiger partial charge in [0.1, 0.15) is 18.2 Å². The van der Waals surface area contributed by atoms with Gasteiger partial charge in [0, 0.05) is 6.21 Å². The highest BCUT2D eigenvalue weighted by Crippen LogP contribution is 2.18. The molecule has 0 saturated heterocycles. The summed E-state index contributed by atoms with van der Waals surface area (Å²) in [6.07, 6.45) is 5.35. The summed E-state index contributed by atoms with van der Waals surface area (Å²) in [4.78, 5) is 4.07. The van der Waals surface area contributed by atoms with Crippen LogP contribution in [0.2, 0.25) is 0 Å². The molecule has 0 spiro atoms. The van der Waals surface area contributed by atoms with Gasteiger partial charge in [-0.2, -0.15) is 0 Å². The van der Waals surface area contributed by atoms with E-state index in [1.165, 1.54) is 12.1 Å². The van der Waals surface area contributed by atoms with Gasteiger partial charge in [0.25, 0.3) is 0 Å². The van der Waals surface area contributed by atoms with Gasteiger partial charge in [-0.3, -0.25) is 4.99 Å². The zero-order chi connectivity index (χ0) is 12.7. The fourth-order valence-electron chi connectivity index (χ4n) is 1.21. The number of hydrogen-bond acceptors (Lipinski definition) is 2. The maximum Gasteiger partial charge on any atom is 0.130 e. The van der Waals surface area contributed by atoms with Crippen molar-refractivity contribution in [1.82, 2.24) is 0 Å². The fourth-order valence-corrected chi connectivity index (χ4v) is 1.21. The topological polar surface area (TPSA) is 21.6 Å². The molecular weight excluding hydrogens is 217 g/mol. The molecular formula is C14H16FNO. The van der Waals surface area contributed by atoms with Crippen molar-refractivity contribution in [2.24, 2.45) is 4.99 Å². The molecule has 0 fully saturated rings. The van der Waals surface area contributed by atoms with E-state index in [1.807, 2.05) is 19.1 Å². The Balaban J connectivity index is 2.53. The van der Waals surface area contributed by atoms with Crippen molar-refractivity contribution in [3.8, 4) is 5.75 Å². The summed E-state index contributed by atoms with van der Waals surface area (Å²) in [6.45, 7) is 7.76. The lowest BCUT2D eigenvalue weighted by molar-refractivity contribution is 0.348. The molecule has 0 bridgehead atoms. The lowest BCUT2D eigenvalue weighted by atomic mass is 10.2. The minimum atomic E-state index is -0.264. The third-order valence-electron chi connectivity index (χ3n) is 2.07. The molecule has 0 atom stereocenters. The van der Waals surface area contributed by atoms with E-state index in [9.17, 15) is 4.39 Å². The Bertz CT molecular complexity index is 450. The largest absolute Gasteiger partial charge is 0.487 e. The minimum Gasteiger partial charge on any atom is -0.487 e. The maximum absolute atomic E-state index is 12.8. The van der Waals surface area contributed by atoms with Crippen LogP contribution in [0, 0.1) is 12.7 Å². The Morgan fingerprint density at radius 3 is 2.94 bits per heavy atom. The van der Waals surface area contributed by atoms with Crippen molar-refractivity contribution in [2.75, 3.05) is 6.61 Å². The second-order valence-corrected chi connectivity index (χ2v) is 3.57. The van der Waals surface area contributed by atoms with Crippen LogP contribution in [0.3, 0.4) is 0 Å². The minimum absolute atomic E-state index is 0.264. The summed E-state index contributed by atoms with van der Waals surface area (Å²) < 4.78 is 18.3. The van der Waals surface area contributed by atoms with Gasteiger partial charge in [-0.15, -0.1) is 0 Å². The number of rotatable bonds is 5. The summed E-state index contributed by atoms with van der Waals surface area (Å²) in [6, 6.07) is 4.41. The van der Waals surface area contributed by atoms with Gasteiger partial charge < -0.3 is 4.74 Å². The molecule has 2 nitrogen and oxygen atoms in total. The number of aryl methyl sites for hydroxylation is 1. The predicted octanol–water partition coefficient (Wildman–Crippen LogP) is 3.67. The van der Waals surface area contributed by atoms with Gasteiger partial charge in [0.2, 0.25) is 0 Å². The van der Waals surface area contributed by atoms with Crippen LogP contribution in [0.1, 0.15) is 12.5 Å². The molecule has 0 saturated carbocycles. The zero-order valence-electron chi connectivity index (χ0n) is 10.1. The molecule has 0 amide bonds. The van der Waals surface area contributed by atoms with Gasteiger partial charge in [-0.05, 0) is 43.7 Å². The van der Waals surface area contributed by atoms with Gasteiger partial charge in [0.05, 0.1) is 5.70 Å². The third kappa shape index (κ3) is 4.64. The number of nitrogens with zero attached hydrogens (tertiary/aromatic N) is 1. The molecule has 0 N–H and O–H groups in total. The number of ether oxygens (including phenoxy) is 1. The Morgan fingerprint density at radius 1 is 1.53 bits per heavy atom. The predicted molar refractivity (Wildman–Crippen MR) is 69.1 cm³/mol. The van der Waals surface area contributed by atoms with Crippen LogP contribution in [0.4, 0.5) is 4.39 Å². The molecule has 0 unspecified atom stereocenters. The lowest BCUT2D eigenvalue weighted by Gasteiger charge is -2.08. The van der Waals surface area contributed by atoms with Crippen molar-refractivity contribution < 1.29 is 9.13 Å². The Labute approximate surface area is 101 Å². The van der Waals surface area contributed by atoms with E-state index in [2.05, 4.69) is 11.6 Å². The molecule has 1 aromatic carbocycles. The molecule has 17 heavy (non-hydrogen) atoms. The molecule has 0 aliphatic heterocycles. The van der Waals surface area contributed by atoms with E-state index in [0.717, 1.165) is 5.56 Å². The van der Waals surface area contributed by atoms with Crippen LogP contribution in [-0.4, -0.2) is 12.8 Å². The number of allylic oxidation sites excluding steroid dienone is 2. The third-order valence-corrected chi connectivity index (χ3v) is 2.07. The van der Waals surface area contributed by atoms with E-state index >= 15 is 0 Å². The van der Waals surface area contributed by atoms with E-state index in [-0.39, 0.29) is 5.82 Å². The number of benzene rings is 1. The van der Waals surface area contributed by atoms with Gasteiger partial charge in [0.15, 0.2) is 0 Å². The maximum atomic E-state index is 12.8. The van der Waals surface area contributed by atoms with Gasteiger partial charge >= 0.3 is 0 Å². The van der Waals surface area contributed by atoms with Crippen LogP contribution in [0.25, 0.3) is 0 Å². The summed E-state index contributed by atoms with van der Waals surface area (Å²) in [5.74, 6) is 0.383. The van der Waals surface area contributed by atoms with Gasteiger partial charge in [-0.25, -0.2) is 4.39 Å². The smallest absolute Gasteiger partial charge is 0.130 e. The number of halogens is 1. The first-order chi connectivity index (χ1) is 8.13. The van der Waals surface area contributed by atoms with Crippen molar-refractivity contribution in [3.05, 3.63) is 54.0 Å². The van der Waals surface area contributed by atoms with Crippen LogP contribution >= 0.6 is 0 Å². The van der Waals surface area contributed by atoms with Crippen LogP contribution < -0.4 is 4.74 Å². The molecule has 1 rings (SSSR count). The molecule has 3 heteroatoms. The van der Waals surface area contributed by atoms with E-state index in [1.54, 1.807) is 19.2 Å². The Kier molecular flexibility index (Phi) is 5.14. The van der Waals surface area contributed by atoms with Gasteiger partial charge in [-0.1, -0.05) is 12.7 Å². The van der Waals surface area contributed by atoms with Crippen molar-refractivity contribution in [3.63, 3.8) is 0 Å². The van der Waals surface area contributed by atoms with Crippen LogP contribution in [0.5, 0.6) is 5.75 Å². The number of hydrogen-bond donors (Lipinski definition) is 0. The molecule has 0 aliphatic carbocycles. The summed E-state index contributed by atoms with van der Waals surface area (Å²) in [5.41, 5.74) is 1.38. The highest BCUT2D eigenvalue weighted by Gasteiger charge is 2.01. The standard InChI is InChI=1S/C14H16FNO/c1-4-5-8-16-12(3)10-17-14-7-6-13(15)9-11(14)2/h4-9H,3,10H2,1-2H3. The SMILES string of the molecule is C=C(COc1ccc(F)cc1C)N=CC=CC. The average Bonchev–Trinajstić information content (AvgIpc) is 2.28. The molecule has 90 valence electrons. The highest BCUT2D eigenvalue weighted by atomic mass is 19.1. The van der Waals surface area contributed by atoms with Crippen molar-refractivity contribution >= 4 is 6.21 Å². The summed E-state index contributed by atoms with van der Waals surface area (Å²) in [7, 11) is 0. The average molecular weight is 233 g/mol. The normalized spacial score (nSPS) is 11.2. The molecule has 0 aromatic heterocycles. The van der Waals surface area contributed by atoms with Crippen LogP contribution in [-0.2, 0) is 0 Å². The Morgan fingerprint density at radius 2 is 2.29 bits per heavy atom. The van der Waals surface area contributed by atoms with E-state index in [0.29, 0.717) is 18.1 Å². The van der Waals surface area contributed by atoms with E-state index in [4.69, 9.17) is 4.74 Å². The first-order valence-electron chi connectivity index (χ1n) is 5.35. The second kappa shape index (κ2) is 6.63. The summed E-state index contributed by atoms with van der Waals surface area (Å²) >= 11 is 0. The second-order valence-electron chi connectivity index (χ2n) is 3.57. The first kappa shape index (κ1) is 13.2. The quantitative estimate of drug-likeness (QED) is 0.711. The van der Waals surface area contributed by atoms with Crippen molar-refractivity contribution in [2.45, 2.75) is 13.8 Å². The molecule has 0 heterocycles. The van der Waals surface area contributed by atoms with E-state index < -0.39 is 0 Å². The zero-order valence-corrected chi connectivity index (χ0v) is 10.1. The monoisotopic (exact) mass is 233 g/mol. The molecule has 1 aromatic rings. The summed E-state index contributed by atoms with van der Waals surface area (Å²) in [5, 5.41) is 0. The molecule has 0 radical (unpaired) electrons. The van der Waals surface area contributed by atoms with Crippen molar-refractivity contribution in [1.29, 1.82) is 0 Å². The lowest BCUT2D eigenvalue weighted by Crippen LogP contribution is -2.00. The fraction of sp³-hybridized carbons (Fsp3) is 0.214.